The molecule has 182 valence electrons. The van der Waals surface area contributed by atoms with E-state index in [4.69, 9.17) is 21.1 Å². The fourth-order valence-electron chi connectivity index (χ4n) is 3.70. The van der Waals surface area contributed by atoms with Crippen molar-refractivity contribution in [3.8, 4) is 11.6 Å². The molecule has 0 spiro atoms. The molecule has 9 heteroatoms. The van der Waals surface area contributed by atoms with Gasteiger partial charge >= 0.3 is 0 Å². The summed E-state index contributed by atoms with van der Waals surface area (Å²) in [5, 5.41) is 3.45. The molecule has 2 aliphatic rings. The largest absolute Gasteiger partial charge is 0.438 e. The molecule has 2 fully saturated rings. The van der Waals surface area contributed by atoms with Crippen molar-refractivity contribution in [1.29, 1.82) is 0 Å². The summed E-state index contributed by atoms with van der Waals surface area (Å²) in [5.41, 5.74) is 0.428. The van der Waals surface area contributed by atoms with Crippen molar-refractivity contribution in [3.63, 3.8) is 0 Å². The number of benzene rings is 1. The van der Waals surface area contributed by atoms with E-state index in [0.717, 1.165) is 25.9 Å². The van der Waals surface area contributed by atoms with Gasteiger partial charge in [-0.15, -0.1) is 0 Å². The Morgan fingerprint density at radius 1 is 1.15 bits per heavy atom. The standard InChI is InChI=1S/C25H31ClN4O4/c1-25(9-10-25)17-33-16-21(24(32)30-14-12-29(2)13-15-30)28-22(31)20-4-3-11-27-23(20)34-19-7-5-18(26)6-8-19/h3-8,11,21H,9-10,12-17H2,1-2H3,(H,28,31). The Kier molecular flexibility index (Phi) is 7.70. The van der Waals surface area contributed by atoms with E-state index in [1.165, 1.54) is 0 Å². The lowest BCUT2D eigenvalue weighted by molar-refractivity contribution is -0.136. The maximum Gasteiger partial charge on any atom is 0.257 e. The van der Waals surface area contributed by atoms with E-state index >= 15 is 0 Å². The molecule has 0 radical (unpaired) electrons. The molecule has 1 aliphatic carbocycles. The zero-order chi connectivity index (χ0) is 24.1. The molecule has 1 N–H and O–H groups in total. The van der Waals surface area contributed by atoms with E-state index in [2.05, 4.69) is 22.1 Å². The second-order valence-electron chi connectivity index (χ2n) is 9.39. The molecule has 1 saturated heterocycles. The number of aromatic nitrogens is 1. The summed E-state index contributed by atoms with van der Waals surface area (Å²) in [6.07, 6.45) is 3.80. The highest BCUT2D eigenvalue weighted by atomic mass is 35.5. The van der Waals surface area contributed by atoms with Gasteiger partial charge in [0.15, 0.2) is 0 Å². The van der Waals surface area contributed by atoms with Gasteiger partial charge in [0.05, 0.1) is 13.2 Å². The van der Waals surface area contributed by atoms with Crippen LogP contribution in [-0.4, -0.2) is 79.1 Å². The molecular formula is C25H31ClN4O4. The SMILES string of the molecule is CN1CCN(C(=O)C(COCC2(C)CC2)NC(=O)c2cccnc2Oc2ccc(Cl)cc2)CC1. The summed E-state index contributed by atoms with van der Waals surface area (Å²) in [7, 11) is 2.03. The van der Waals surface area contributed by atoms with Crippen molar-refractivity contribution in [2.75, 3.05) is 46.4 Å². The van der Waals surface area contributed by atoms with Gasteiger partial charge < -0.3 is 24.6 Å². The van der Waals surface area contributed by atoms with Crippen LogP contribution in [0.2, 0.25) is 5.02 Å². The van der Waals surface area contributed by atoms with E-state index in [-0.39, 0.29) is 29.4 Å². The van der Waals surface area contributed by atoms with E-state index in [1.807, 2.05) is 7.05 Å². The van der Waals surface area contributed by atoms with Crippen LogP contribution in [0, 0.1) is 5.41 Å². The van der Waals surface area contributed by atoms with Gasteiger partial charge in [0, 0.05) is 37.4 Å². The number of halogens is 1. The molecule has 1 aromatic heterocycles. The molecule has 1 atom stereocenters. The molecule has 1 aromatic carbocycles. The summed E-state index contributed by atoms with van der Waals surface area (Å²) in [4.78, 5) is 34.7. The van der Waals surface area contributed by atoms with E-state index in [1.54, 1.807) is 47.5 Å². The summed E-state index contributed by atoms with van der Waals surface area (Å²) >= 11 is 5.94. The molecular weight excluding hydrogens is 456 g/mol. The highest BCUT2D eigenvalue weighted by molar-refractivity contribution is 6.30. The number of hydrogen-bond acceptors (Lipinski definition) is 6. The monoisotopic (exact) mass is 486 g/mol. The molecule has 4 rings (SSSR count). The number of hydrogen-bond donors (Lipinski definition) is 1. The Labute approximate surface area is 205 Å². The zero-order valence-corrected chi connectivity index (χ0v) is 20.4. The lowest BCUT2D eigenvalue weighted by Crippen LogP contribution is -2.55. The van der Waals surface area contributed by atoms with E-state index in [9.17, 15) is 9.59 Å². The predicted molar refractivity (Wildman–Crippen MR) is 129 cm³/mol. The smallest absolute Gasteiger partial charge is 0.257 e. The number of likely N-dealkylation sites (N-methyl/N-ethyl adjacent to an activating group) is 1. The Morgan fingerprint density at radius 2 is 1.85 bits per heavy atom. The van der Waals surface area contributed by atoms with Crippen molar-refractivity contribution < 1.29 is 19.1 Å². The average molecular weight is 487 g/mol. The first-order chi connectivity index (χ1) is 16.3. The van der Waals surface area contributed by atoms with Crippen LogP contribution in [0.4, 0.5) is 0 Å². The molecule has 1 aliphatic heterocycles. The van der Waals surface area contributed by atoms with Crippen molar-refractivity contribution in [2.24, 2.45) is 5.41 Å². The van der Waals surface area contributed by atoms with Gasteiger partial charge in [0.1, 0.15) is 17.4 Å². The fourth-order valence-corrected chi connectivity index (χ4v) is 3.82. The highest BCUT2D eigenvalue weighted by Gasteiger charge is 2.38. The summed E-state index contributed by atoms with van der Waals surface area (Å²) in [6, 6.07) is 9.28. The Morgan fingerprint density at radius 3 is 2.53 bits per heavy atom. The first-order valence-corrected chi connectivity index (χ1v) is 12.0. The minimum Gasteiger partial charge on any atom is -0.438 e. The van der Waals surface area contributed by atoms with Crippen LogP contribution in [0.15, 0.2) is 42.6 Å². The van der Waals surface area contributed by atoms with Gasteiger partial charge in [0.25, 0.3) is 5.91 Å². The zero-order valence-electron chi connectivity index (χ0n) is 19.6. The predicted octanol–water partition coefficient (Wildman–Crippen LogP) is 3.22. The Hall–Kier alpha value is -2.68. The third-order valence-corrected chi connectivity index (χ3v) is 6.55. The third-order valence-electron chi connectivity index (χ3n) is 6.30. The maximum atomic E-state index is 13.3. The van der Waals surface area contributed by atoms with Crippen molar-refractivity contribution in [1.82, 2.24) is 20.1 Å². The van der Waals surface area contributed by atoms with Gasteiger partial charge in [-0.1, -0.05) is 18.5 Å². The molecule has 1 unspecified atom stereocenters. The fraction of sp³-hybridized carbons (Fsp3) is 0.480. The minimum atomic E-state index is -0.790. The molecule has 34 heavy (non-hydrogen) atoms. The Balaban J connectivity index is 1.46. The molecule has 2 amide bonds. The first kappa shape index (κ1) is 24.4. The summed E-state index contributed by atoms with van der Waals surface area (Å²) < 4.78 is 11.7. The number of nitrogens with one attached hydrogen (secondary N) is 1. The number of amides is 2. The number of rotatable bonds is 9. The summed E-state index contributed by atoms with van der Waals surface area (Å²) in [6.45, 7) is 5.71. The van der Waals surface area contributed by atoms with Crippen molar-refractivity contribution in [3.05, 3.63) is 53.2 Å². The maximum absolute atomic E-state index is 13.3. The molecule has 1 saturated carbocycles. The van der Waals surface area contributed by atoms with Crippen molar-refractivity contribution >= 4 is 23.4 Å². The number of piperazine rings is 1. The number of nitrogens with zero attached hydrogens (tertiary/aromatic N) is 3. The minimum absolute atomic E-state index is 0.125. The van der Waals surface area contributed by atoms with Gasteiger partial charge in [-0.2, -0.15) is 0 Å². The first-order valence-electron chi connectivity index (χ1n) is 11.6. The molecule has 2 aromatic rings. The van der Waals surface area contributed by atoms with Crippen LogP contribution >= 0.6 is 11.6 Å². The second-order valence-corrected chi connectivity index (χ2v) is 9.83. The third kappa shape index (κ3) is 6.46. The summed E-state index contributed by atoms with van der Waals surface area (Å²) in [5.74, 6) is 0.0833. The van der Waals surface area contributed by atoms with Gasteiger partial charge in [-0.25, -0.2) is 4.98 Å². The highest BCUT2D eigenvalue weighted by Crippen LogP contribution is 2.44. The van der Waals surface area contributed by atoms with Crippen LogP contribution in [0.5, 0.6) is 11.6 Å². The normalized spacial score (nSPS) is 18.3. The number of ether oxygens (including phenoxy) is 2. The number of carbonyl (C=O) groups excluding carboxylic acids is 2. The van der Waals surface area contributed by atoms with Gasteiger partial charge in [-0.05, 0) is 61.7 Å². The second kappa shape index (κ2) is 10.7. The lowest BCUT2D eigenvalue weighted by atomic mass is 10.1. The lowest BCUT2D eigenvalue weighted by Gasteiger charge is -2.34. The topological polar surface area (TPSA) is 84.0 Å². The van der Waals surface area contributed by atoms with Crippen LogP contribution in [-0.2, 0) is 9.53 Å². The van der Waals surface area contributed by atoms with Crippen LogP contribution in [0.25, 0.3) is 0 Å². The quantitative estimate of drug-likeness (QED) is 0.586. The number of pyridine rings is 1. The van der Waals surface area contributed by atoms with Gasteiger partial charge in [0.2, 0.25) is 11.8 Å². The van der Waals surface area contributed by atoms with Crippen LogP contribution < -0.4 is 10.1 Å². The molecule has 0 bridgehead atoms. The van der Waals surface area contributed by atoms with Crippen LogP contribution in [0.1, 0.15) is 30.1 Å². The number of carbonyl (C=O) groups is 2. The van der Waals surface area contributed by atoms with Crippen LogP contribution in [0.3, 0.4) is 0 Å². The average Bonchev–Trinajstić information content (AvgIpc) is 3.57. The molecule has 8 nitrogen and oxygen atoms in total. The van der Waals surface area contributed by atoms with Crippen molar-refractivity contribution in [2.45, 2.75) is 25.8 Å². The Bertz CT molecular complexity index is 1000. The van der Waals surface area contributed by atoms with E-state index < -0.39 is 11.9 Å². The van der Waals surface area contributed by atoms with E-state index in [0.29, 0.717) is 30.5 Å². The molecule has 2 heterocycles. The van der Waals surface area contributed by atoms with Gasteiger partial charge in [-0.3, -0.25) is 9.59 Å².